The maximum Gasteiger partial charge on any atom is 0.199 e. The maximum absolute atomic E-state index is 4.96. The zero-order chi connectivity index (χ0) is 23.4. The van der Waals surface area contributed by atoms with E-state index in [0.717, 1.165) is 37.4 Å². The highest BCUT2D eigenvalue weighted by Gasteiger charge is 2.28. The van der Waals surface area contributed by atoms with Crippen molar-refractivity contribution in [1.82, 2.24) is 0 Å². The van der Waals surface area contributed by atoms with Gasteiger partial charge in [-0.2, -0.15) is 4.99 Å². The number of allylic oxidation sites excluding steroid dienone is 5. The van der Waals surface area contributed by atoms with Crippen LogP contribution < -0.4 is 10.1 Å². The molecule has 0 spiro atoms. The summed E-state index contributed by atoms with van der Waals surface area (Å²) < 4.78 is 2.41. The summed E-state index contributed by atoms with van der Waals surface area (Å²) in [6.07, 6.45) is 6.94. The van der Waals surface area contributed by atoms with E-state index in [1.807, 2.05) is 12.1 Å². The molecule has 0 bridgehead atoms. The normalized spacial score (nSPS) is 14.3. The number of aliphatic imine (C=N–C) groups is 1. The van der Waals surface area contributed by atoms with E-state index in [1.54, 1.807) is 0 Å². The highest BCUT2D eigenvalue weighted by molar-refractivity contribution is 7.78. The van der Waals surface area contributed by atoms with Crippen molar-refractivity contribution in [2.45, 2.75) is 27.7 Å². The molecule has 3 nitrogen and oxygen atoms in total. The molecule has 0 unspecified atom stereocenters. The van der Waals surface area contributed by atoms with Crippen LogP contribution in [0.2, 0.25) is 0 Å². The van der Waals surface area contributed by atoms with Crippen LogP contribution in [-0.2, 0) is 0 Å². The van der Waals surface area contributed by atoms with Gasteiger partial charge in [-0.15, -0.1) is 0 Å². The lowest BCUT2D eigenvalue weighted by atomic mass is 9.88. The van der Waals surface area contributed by atoms with Crippen LogP contribution in [0, 0.1) is 0 Å². The molecule has 33 heavy (non-hydrogen) atoms. The first-order valence-corrected chi connectivity index (χ1v) is 13.2. The standard InChI is InChI=1S/C28H30N3SSi/c1-5-30(6-2)20-13-15-23-26(17-20)33-27-18-21(31(7-3)8-4)14-16-24(27)28(23)22-11-9-10-12-25(22)29-19-32/h9-18H,5-8H2,1-4H3/q+1. The molecule has 2 radical (unpaired) electrons. The van der Waals surface area contributed by atoms with Crippen LogP contribution in [0.4, 0.5) is 11.4 Å². The summed E-state index contributed by atoms with van der Waals surface area (Å²) in [6.45, 7) is 12.9. The summed E-state index contributed by atoms with van der Waals surface area (Å²) >= 11 is 4.96. The third-order valence-electron chi connectivity index (χ3n) is 6.41. The van der Waals surface area contributed by atoms with E-state index in [-0.39, 0.29) is 0 Å². The number of thiocarbonyl (C=S) groups is 1. The fraction of sp³-hybridized carbons (Fsp3) is 0.286. The molecule has 0 fully saturated rings. The van der Waals surface area contributed by atoms with Gasteiger partial charge in [-0.05, 0) is 91.3 Å². The predicted octanol–water partition coefficient (Wildman–Crippen LogP) is 5.36. The largest absolute Gasteiger partial charge is 0.372 e. The summed E-state index contributed by atoms with van der Waals surface area (Å²) in [5.41, 5.74) is 8.37. The summed E-state index contributed by atoms with van der Waals surface area (Å²) in [6, 6.07) is 15.2. The Kier molecular flexibility index (Phi) is 7.34. The van der Waals surface area contributed by atoms with E-state index in [1.165, 1.54) is 38.5 Å². The number of isothiocyanates is 1. The summed E-state index contributed by atoms with van der Waals surface area (Å²) in [5, 5.41) is 5.35. The number of hydrogen-bond acceptors (Lipinski definition) is 3. The van der Waals surface area contributed by atoms with Gasteiger partial charge < -0.3 is 4.90 Å². The Bertz CT molecular complexity index is 1240. The van der Waals surface area contributed by atoms with Crippen LogP contribution in [-0.4, -0.2) is 51.1 Å². The Balaban J connectivity index is 1.99. The molecular formula is C28H30N3SSi+. The minimum atomic E-state index is 0.615. The SMILES string of the molecule is CCN(CC)c1ccc2c(c1)[Si]C1=CC(=[N+](CC)CC)C=CC1=C2c1ccccc1N=C=S. The summed E-state index contributed by atoms with van der Waals surface area (Å²) in [7, 11) is 0.615. The number of para-hydroxylation sites is 1. The first-order valence-electron chi connectivity index (χ1n) is 11.7. The fourth-order valence-electron chi connectivity index (χ4n) is 4.69. The van der Waals surface area contributed by atoms with E-state index >= 15 is 0 Å². The first-order chi connectivity index (χ1) is 16.1. The topological polar surface area (TPSA) is 18.6 Å². The van der Waals surface area contributed by atoms with Crippen LogP contribution >= 0.6 is 12.2 Å². The average Bonchev–Trinajstić information content (AvgIpc) is 2.84. The molecule has 166 valence electrons. The summed E-state index contributed by atoms with van der Waals surface area (Å²) in [5.74, 6) is 0. The van der Waals surface area contributed by atoms with Gasteiger partial charge in [0.05, 0.1) is 10.8 Å². The number of anilines is 1. The van der Waals surface area contributed by atoms with Crippen molar-refractivity contribution in [3.8, 4) is 0 Å². The zero-order valence-electron chi connectivity index (χ0n) is 19.9. The first kappa shape index (κ1) is 23.3. The fourth-order valence-corrected chi connectivity index (χ4v) is 6.20. The number of rotatable bonds is 7. The van der Waals surface area contributed by atoms with Gasteiger partial charge in [-0.3, -0.25) is 0 Å². The van der Waals surface area contributed by atoms with Crippen LogP contribution in [0.5, 0.6) is 0 Å². The number of benzene rings is 2. The minimum absolute atomic E-state index is 0.615. The highest BCUT2D eigenvalue weighted by atomic mass is 32.1. The van der Waals surface area contributed by atoms with Crippen molar-refractivity contribution in [2.24, 2.45) is 4.99 Å². The molecule has 0 saturated carbocycles. The molecule has 1 heterocycles. The number of hydrogen-bond donors (Lipinski definition) is 0. The minimum Gasteiger partial charge on any atom is -0.372 e. The van der Waals surface area contributed by atoms with Gasteiger partial charge in [0, 0.05) is 36.5 Å². The average molecular weight is 469 g/mol. The molecule has 0 N–H and O–H groups in total. The van der Waals surface area contributed by atoms with Crippen molar-refractivity contribution in [1.29, 1.82) is 0 Å². The molecule has 0 saturated heterocycles. The number of nitrogens with zero attached hydrogens (tertiary/aromatic N) is 3. The lowest BCUT2D eigenvalue weighted by Crippen LogP contribution is -2.31. The van der Waals surface area contributed by atoms with Gasteiger partial charge >= 0.3 is 0 Å². The van der Waals surface area contributed by atoms with E-state index in [2.05, 4.69) is 95.9 Å². The Labute approximate surface area is 205 Å². The quantitative estimate of drug-likeness (QED) is 0.236. The van der Waals surface area contributed by atoms with Crippen molar-refractivity contribution in [3.05, 3.63) is 82.6 Å². The Morgan fingerprint density at radius 2 is 1.73 bits per heavy atom. The van der Waals surface area contributed by atoms with E-state index < -0.39 is 0 Å². The van der Waals surface area contributed by atoms with Gasteiger partial charge in [0.2, 0.25) is 0 Å². The molecule has 0 amide bonds. The smallest absolute Gasteiger partial charge is 0.199 e. The van der Waals surface area contributed by atoms with Crippen molar-refractivity contribution < 1.29 is 4.58 Å². The van der Waals surface area contributed by atoms with Crippen molar-refractivity contribution in [2.75, 3.05) is 31.1 Å². The van der Waals surface area contributed by atoms with Crippen LogP contribution in [0.1, 0.15) is 38.8 Å². The number of fused-ring (bicyclic) bond motifs is 2. The van der Waals surface area contributed by atoms with Gasteiger partial charge in [0.1, 0.15) is 22.6 Å². The van der Waals surface area contributed by atoms with Gasteiger partial charge in [0.15, 0.2) is 5.71 Å². The monoisotopic (exact) mass is 468 g/mol. The molecule has 2 aromatic rings. The molecule has 2 aromatic carbocycles. The van der Waals surface area contributed by atoms with E-state index in [0.29, 0.717) is 9.52 Å². The molecule has 1 aliphatic heterocycles. The molecule has 2 aliphatic rings. The van der Waals surface area contributed by atoms with Crippen LogP contribution in [0.15, 0.2) is 76.5 Å². The van der Waals surface area contributed by atoms with Gasteiger partial charge in [-0.1, -0.05) is 24.3 Å². The Hall–Kier alpha value is -2.85. The zero-order valence-corrected chi connectivity index (χ0v) is 21.7. The maximum atomic E-state index is 4.96. The lowest BCUT2D eigenvalue weighted by molar-refractivity contribution is -0.519. The second kappa shape index (κ2) is 10.4. The van der Waals surface area contributed by atoms with Gasteiger partial charge in [-0.25, -0.2) is 4.58 Å². The molecule has 4 rings (SSSR count). The van der Waals surface area contributed by atoms with Crippen molar-refractivity contribution >= 4 is 54.7 Å². The second-order valence-electron chi connectivity index (χ2n) is 8.02. The predicted molar refractivity (Wildman–Crippen MR) is 146 cm³/mol. The van der Waals surface area contributed by atoms with Gasteiger partial charge in [0.25, 0.3) is 0 Å². The second-order valence-corrected chi connectivity index (χ2v) is 9.53. The molecular weight excluding hydrogens is 438 g/mol. The van der Waals surface area contributed by atoms with Crippen LogP contribution in [0.25, 0.3) is 5.57 Å². The molecule has 5 heteroatoms. The third-order valence-corrected chi connectivity index (χ3v) is 7.87. The highest BCUT2D eigenvalue weighted by Crippen LogP contribution is 2.39. The Morgan fingerprint density at radius 3 is 2.42 bits per heavy atom. The van der Waals surface area contributed by atoms with E-state index in [4.69, 9.17) is 12.2 Å². The van der Waals surface area contributed by atoms with E-state index in [9.17, 15) is 0 Å². The molecule has 1 aliphatic carbocycles. The summed E-state index contributed by atoms with van der Waals surface area (Å²) in [4.78, 5) is 6.82. The Morgan fingerprint density at radius 1 is 0.970 bits per heavy atom. The third kappa shape index (κ3) is 4.49. The molecule has 0 aromatic heterocycles. The van der Waals surface area contributed by atoms with Crippen molar-refractivity contribution in [3.63, 3.8) is 0 Å². The van der Waals surface area contributed by atoms with Crippen LogP contribution in [0.3, 0.4) is 0 Å². The molecule has 0 atom stereocenters. The lowest BCUT2D eigenvalue weighted by Gasteiger charge is -2.29.